The number of nitrogens with zero attached hydrogens (tertiary/aromatic N) is 3. The van der Waals surface area contributed by atoms with E-state index in [9.17, 15) is 8.78 Å². The average molecular weight is 297 g/mol. The van der Waals surface area contributed by atoms with Gasteiger partial charge in [0.1, 0.15) is 5.82 Å². The van der Waals surface area contributed by atoms with E-state index in [0.29, 0.717) is 12.7 Å². The molecule has 1 aromatic heterocycles. The Bertz CT molecular complexity index is 627. The summed E-state index contributed by atoms with van der Waals surface area (Å²) in [6, 6.07) is 2.62. The largest absolute Gasteiger partial charge is 0.463 e. The molecule has 0 saturated carbocycles. The van der Waals surface area contributed by atoms with Gasteiger partial charge in [-0.1, -0.05) is 6.92 Å². The molecule has 0 saturated heterocycles. The zero-order chi connectivity index (χ0) is 15.2. The summed E-state index contributed by atoms with van der Waals surface area (Å²) < 4.78 is 36.7. The fourth-order valence-corrected chi connectivity index (χ4v) is 1.36. The van der Waals surface area contributed by atoms with Crippen LogP contribution >= 0.6 is 0 Å². The number of nitrogens with one attached hydrogen (secondary N) is 1. The van der Waals surface area contributed by atoms with Gasteiger partial charge < -0.3 is 9.47 Å². The third-order valence-electron chi connectivity index (χ3n) is 2.25. The molecule has 0 aliphatic rings. The fourth-order valence-electron chi connectivity index (χ4n) is 1.36. The Morgan fingerprint density at radius 1 is 1.19 bits per heavy atom. The minimum absolute atomic E-state index is 0.00590. The monoisotopic (exact) mass is 297 g/mol. The molecule has 0 aliphatic carbocycles. The highest BCUT2D eigenvalue weighted by molar-refractivity contribution is 5.30. The third kappa shape index (κ3) is 3.96. The van der Waals surface area contributed by atoms with Crippen molar-refractivity contribution in [2.45, 2.75) is 13.3 Å². The van der Waals surface area contributed by atoms with Gasteiger partial charge in [-0.25, -0.2) is 14.6 Å². The van der Waals surface area contributed by atoms with Crippen molar-refractivity contribution >= 4 is 5.95 Å². The second-order valence-electron chi connectivity index (χ2n) is 3.89. The molecule has 0 radical (unpaired) electrons. The quantitative estimate of drug-likeness (QED) is 0.622. The molecule has 9 heteroatoms. The topological polar surface area (TPSA) is 95.2 Å². The Morgan fingerprint density at radius 3 is 2.62 bits per heavy atom. The van der Waals surface area contributed by atoms with Crippen molar-refractivity contribution < 1.29 is 18.3 Å². The van der Waals surface area contributed by atoms with Crippen LogP contribution in [0.3, 0.4) is 0 Å². The van der Waals surface area contributed by atoms with E-state index in [-0.39, 0.29) is 23.7 Å². The van der Waals surface area contributed by atoms with E-state index < -0.39 is 11.6 Å². The summed E-state index contributed by atoms with van der Waals surface area (Å²) in [6.07, 6.45) is 0.750. The van der Waals surface area contributed by atoms with Gasteiger partial charge >= 0.3 is 12.0 Å². The first-order valence-corrected chi connectivity index (χ1v) is 6.10. The number of nitrogen functional groups attached to an aromatic ring is 1. The minimum Gasteiger partial charge on any atom is -0.463 e. The van der Waals surface area contributed by atoms with Gasteiger partial charge in [0.15, 0.2) is 11.6 Å². The maximum atomic E-state index is 13.5. The van der Waals surface area contributed by atoms with E-state index in [1.54, 1.807) is 0 Å². The molecule has 0 amide bonds. The van der Waals surface area contributed by atoms with E-state index in [1.807, 2.05) is 6.92 Å². The molecule has 1 aromatic carbocycles. The summed E-state index contributed by atoms with van der Waals surface area (Å²) in [6.45, 7) is 2.30. The van der Waals surface area contributed by atoms with Crippen LogP contribution < -0.4 is 20.7 Å². The second-order valence-corrected chi connectivity index (χ2v) is 3.89. The lowest BCUT2D eigenvalue weighted by molar-refractivity contribution is 0.284. The second kappa shape index (κ2) is 6.75. The third-order valence-corrected chi connectivity index (χ3v) is 2.25. The van der Waals surface area contributed by atoms with Crippen LogP contribution in [0.1, 0.15) is 13.3 Å². The number of hydrogen-bond donors (Lipinski definition) is 2. The Balaban J connectivity index is 2.25. The van der Waals surface area contributed by atoms with Gasteiger partial charge in [-0.3, -0.25) is 5.43 Å². The van der Waals surface area contributed by atoms with Crippen LogP contribution in [0.5, 0.6) is 17.8 Å². The number of hydrogen-bond acceptors (Lipinski definition) is 7. The summed E-state index contributed by atoms with van der Waals surface area (Å²) in [7, 11) is 0. The summed E-state index contributed by atoms with van der Waals surface area (Å²) in [4.78, 5) is 11.5. The first-order chi connectivity index (χ1) is 10.1. The van der Waals surface area contributed by atoms with Crippen molar-refractivity contribution in [3.63, 3.8) is 0 Å². The summed E-state index contributed by atoms with van der Waals surface area (Å²) >= 11 is 0. The molecule has 0 aliphatic heterocycles. The normalized spacial score (nSPS) is 10.3. The molecule has 0 atom stereocenters. The van der Waals surface area contributed by atoms with Crippen molar-refractivity contribution in [2.24, 2.45) is 5.84 Å². The molecule has 0 spiro atoms. The fraction of sp³-hybridized carbons (Fsp3) is 0.250. The smallest absolute Gasteiger partial charge is 0.330 e. The number of benzene rings is 1. The maximum Gasteiger partial charge on any atom is 0.330 e. The number of nitrogens with two attached hydrogens (primary N) is 1. The standard InChI is InChI=1S/C12H13F2N5O2/c1-2-5-20-11-16-10(19-15)17-12(18-11)21-9-4-3-7(13)6-8(9)14/h3-4,6H,2,5,15H2,1H3,(H,16,17,18,19). The SMILES string of the molecule is CCCOc1nc(NN)nc(Oc2ccc(F)cc2F)n1. The van der Waals surface area contributed by atoms with Crippen LogP contribution in [-0.4, -0.2) is 21.6 Å². The number of anilines is 1. The zero-order valence-electron chi connectivity index (χ0n) is 11.1. The lowest BCUT2D eigenvalue weighted by Gasteiger charge is -2.08. The van der Waals surface area contributed by atoms with Crippen LogP contribution in [0.25, 0.3) is 0 Å². The summed E-state index contributed by atoms with van der Waals surface area (Å²) in [5.74, 6) is 3.39. The molecule has 3 N–H and O–H groups in total. The highest BCUT2D eigenvalue weighted by Crippen LogP contribution is 2.24. The molecule has 2 aromatic rings. The molecular formula is C12H13F2N5O2. The highest BCUT2D eigenvalue weighted by atomic mass is 19.1. The molecule has 2 rings (SSSR count). The van der Waals surface area contributed by atoms with Gasteiger partial charge in [-0.15, -0.1) is 4.98 Å². The van der Waals surface area contributed by atoms with Crippen LogP contribution in [-0.2, 0) is 0 Å². The Hall–Kier alpha value is -2.55. The van der Waals surface area contributed by atoms with Gasteiger partial charge in [0.05, 0.1) is 6.61 Å². The van der Waals surface area contributed by atoms with E-state index in [1.165, 1.54) is 0 Å². The van der Waals surface area contributed by atoms with Gasteiger partial charge in [0, 0.05) is 6.07 Å². The Kier molecular flexibility index (Phi) is 4.77. The number of halogens is 2. The summed E-state index contributed by atoms with van der Waals surface area (Å²) in [5, 5.41) is 0. The van der Waals surface area contributed by atoms with Crippen molar-refractivity contribution in [3.05, 3.63) is 29.8 Å². The number of aromatic nitrogens is 3. The molecule has 0 unspecified atom stereocenters. The maximum absolute atomic E-state index is 13.5. The highest BCUT2D eigenvalue weighted by Gasteiger charge is 2.12. The van der Waals surface area contributed by atoms with Crippen molar-refractivity contribution in [1.29, 1.82) is 0 Å². The van der Waals surface area contributed by atoms with Crippen LogP contribution in [0, 0.1) is 11.6 Å². The zero-order valence-corrected chi connectivity index (χ0v) is 11.1. The van der Waals surface area contributed by atoms with Crippen molar-refractivity contribution in [1.82, 2.24) is 15.0 Å². The number of ether oxygens (including phenoxy) is 2. The van der Waals surface area contributed by atoms with E-state index in [4.69, 9.17) is 15.3 Å². The molecule has 0 fully saturated rings. The van der Waals surface area contributed by atoms with Gasteiger partial charge in [-0.2, -0.15) is 9.97 Å². The molecular weight excluding hydrogens is 284 g/mol. The molecule has 1 heterocycles. The lowest BCUT2D eigenvalue weighted by Crippen LogP contribution is -2.13. The van der Waals surface area contributed by atoms with Crippen LogP contribution in [0.4, 0.5) is 14.7 Å². The van der Waals surface area contributed by atoms with Crippen molar-refractivity contribution in [2.75, 3.05) is 12.0 Å². The lowest BCUT2D eigenvalue weighted by atomic mass is 10.3. The summed E-state index contributed by atoms with van der Waals surface area (Å²) in [5.41, 5.74) is 2.22. The van der Waals surface area contributed by atoms with Gasteiger partial charge in [0.25, 0.3) is 0 Å². The molecule has 21 heavy (non-hydrogen) atoms. The average Bonchev–Trinajstić information content (AvgIpc) is 2.48. The van der Waals surface area contributed by atoms with Crippen LogP contribution in [0.15, 0.2) is 18.2 Å². The Labute approximate surface area is 119 Å². The van der Waals surface area contributed by atoms with E-state index in [0.717, 1.165) is 18.6 Å². The van der Waals surface area contributed by atoms with Crippen molar-refractivity contribution in [3.8, 4) is 17.8 Å². The first-order valence-electron chi connectivity index (χ1n) is 6.10. The predicted octanol–water partition coefficient (Wildman–Crippen LogP) is 2.02. The molecule has 7 nitrogen and oxygen atoms in total. The first kappa shape index (κ1) is 14.9. The Morgan fingerprint density at radius 2 is 1.95 bits per heavy atom. The van der Waals surface area contributed by atoms with Crippen LogP contribution in [0.2, 0.25) is 0 Å². The molecule has 0 bridgehead atoms. The number of hydrazine groups is 1. The van der Waals surface area contributed by atoms with E-state index in [2.05, 4.69) is 20.4 Å². The molecule has 112 valence electrons. The predicted molar refractivity (Wildman–Crippen MR) is 69.9 cm³/mol. The number of rotatable bonds is 6. The van der Waals surface area contributed by atoms with Gasteiger partial charge in [0.2, 0.25) is 5.95 Å². The minimum atomic E-state index is -0.881. The van der Waals surface area contributed by atoms with E-state index >= 15 is 0 Å². The van der Waals surface area contributed by atoms with Gasteiger partial charge in [-0.05, 0) is 18.6 Å².